The van der Waals surface area contributed by atoms with Crippen LogP contribution in [0.25, 0.3) is 0 Å². The molecule has 1 rings (SSSR count). The van der Waals surface area contributed by atoms with E-state index in [9.17, 15) is 4.79 Å². The molecule has 0 aliphatic rings. The molecule has 0 unspecified atom stereocenters. The lowest BCUT2D eigenvalue weighted by atomic mass is 10.1. The Morgan fingerprint density at radius 1 is 1.35 bits per heavy atom. The van der Waals surface area contributed by atoms with Crippen LogP contribution in [-0.4, -0.2) is 44.0 Å². The first kappa shape index (κ1) is 16.5. The Morgan fingerprint density at radius 3 is 2.60 bits per heavy atom. The summed E-state index contributed by atoms with van der Waals surface area (Å²) in [6, 6.07) is 6.26. The fraction of sp³-hybridized carbons (Fsp3) is 0.562. The molecule has 2 N–H and O–H groups in total. The van der Waals surface area contributed by atoms with E-state index in [0.717, 1.165) is 29.8 Å². The largest absolute Gasteiger partial charge is 0.388 e. The van der Waals surface area contributed by atoms with E-state index in [-0.39, 0.29) is 5.91 Å². The second-order valence-electron chi connectivity index (χ2n) is 5.46. The Labute approximate surface area is 122 Å². The van der Waals surface area contributed by atoms with Gasteiger partial charge in [-0.05, 0) is 64.5 Å². The molecule has 0 saturated heterocycles. The van der Waals surface area contributed by atoms with Crippen LogP contribution in [0.2, 0.25) is 0 Å². The number of rotatable bonds is 7. The standard InChI is InChI=1S/C16H27N3O/c1-12(2)19(5)10-6-9-18-16(20)14-7-8-15(17-4)13(3)11-14/h7-8,11-12,17H,6,9-10H2,1-5H3,(H,18,20). The molecule has 1 aromatic rings. The van der Waals surface area contributed by atoms with Crippen LogP contribution in [0.15, 0.2) is 18.2 Å². The topological polar surface area (TPSA) is 44.4 Å². The highest BCUT2D eigenvalue weighted by Gasteiger charge is 2.07. The Balaban J connectivity index is 2.41. The minimum absolute atomic E-state index is 0.00273. The maximum atomic E-state index is 12.0. The second kappa shape index (κ2) is 7.90. The van der Waals surface area contributed by atoms with E-state index in [1.807, 2.05) is 32.2 Å². The molecule has 0 radical (unpaired) electrons. The van der Waals surface area contributed by atoms with Gasteiger partial charge < -0.3 is 15.5 Å². The van der Waals surface area contributed by atoms with E-state index < -0.39 is 0 Å². The van der Waals surface area contributed by atoms with Crippen LogP contribution in [0.1, 0.15) is 36.2 Å². The molecule has 0 atom stereocenters. The molecule has 0 bridgehead atoms. The zero-order valence-electron chi connectivity index (χ0n) is 13.3. The van der Waals surface area contributed by atoms with Gasteiger partial charge in [0.15, 0.2) is 0 Å². The fourth-order valence-corrected chi connectivity index (χ4v) is 1.98. The lowest BCUT2D eigenvalue weighted by Crippen LogP contribution is -2.31. The number of nitrogens with one attached hydrogen (secondary N) is 2. The van der Waals surface area contributed by atoms with Gasteiger partial charge in [-0.25, -0.2) is 0 Å². The number of aryl methyl sites for hydroxylation is 1. The fourth-order valence-electron chi connectivity index (χ4n) is 1.98. The first-order valence-electron chi connectivity index (χ1n) is 7.22. The molecular weight excluding hydrogens is 250 g/mol. The number of amides is 1. The van der Waals surface area contributed by atoms with Crippen molar-refractivity contribution in [2.24, 2.45) is 0 Å². The van der Waals surface area contributed by atoms with Gasteiger partial charge in [-0.2, -0.15) is 0 Å². The summed E-state index contributed by atoms with van der Waals surface area (Å²) in [7, 11) is 3.99. The van der Waals surface area contributed by atoms with Crippen molar-refractivity contribution < 1.29 is 4.79 Å². The number of hydrogen-bond donors (Lipinski definition) is 2. The Morgan fingerprint density at radius 2 is 2.05 bits per heavy atom. The van der Waals surface area contributed by atoms with Crippen molar-refractivity contribution in [3.05, 3.63) is 29.3 Å². The molecule has 0 aliphatic heterocycles. The van der Waals surface area contributed by atoms with Gasteiger partial charge in [-0.15, -0.1) is 0 Å². The predicted molar refractivity (Wildman–Crippen MR) is 85.4 cm³/mol. The predicted octanol–water partition coefficient (Wildman–Crippen LogP) is 2.50. The third kappa shape index (κ3) is 4.85. The molecule has 0 spiro atoms. The first-order chi connectivity index (χ1) is 9.45. The minimum Gasteiger partial charge on any atom is -0.388 e. The molecule has 0 aromatic heterocycles. The van der Waals surface area contributed by atoms with Crippen molar-refractivity contribution in [2.75, 3.05) is 32.5 Å². The number of nitrogens with zero attached hydrogens (tertiary/aromatic N) is 1. The summed E-state index contributed by atoms with van der Waals surface area (Å²) in [5.41, 5.74) is 2.86. The number of carbonyl (C=O) groups is 1. The third-order valence-corrected chi connectivity index (χ3v) is 3.61. The second-order valence-corrected chi connectivity index (χ2v) is 5.46. The van der Waals surface area contributed by atoms with E-state index in [0.29, 0.717) is 12.6 Å². The molecule has 0 heterocycles. The van der Waals surface area contributed by atoms with Crippen LogP contribution in [0.5, 0.6) is 0 Å². The van der Waals surface area contributed by atoms with Gasteiger partial charge in [-0.3, -0.25) is 4.79 Å². The lowest BCUT2D eigenvalue weighted by molar-refractivity contribution is 0.0951. The Kier molecular flexibility index (Phi) is 6.52. The molecule has 0 fully saturated rings. The highest BCUT2D eigenvalue weighted by atomic mass is 16.1. The summed E-state index contributed by atoms with van der Waals surface area (Å²) in [5.74, 6) is 0.00273. The van der Waals surface area contributed by atoms with Gasteiger partial charge in [0.05, 0.1) is 0 Å². The molecule has 112 valence electrons. The van der Waals surface area contributed by atoms with Crippen molar-refractivity contribution in [2.45, 2.75) is 33.2 Å². The van der Waals surface area contributed by atoms with Crippen molar-refractivity contribution in [3.63, 3.8) is 0 Å². The van der Waals surface area contributed by atoms with E-state index >= 15 is 0 Å². The zero-order chi connectivity index (χ0) is 15.1. The van der Waals surface area contributed by atoms with Gasteiger partial charge >= 0.3 is 0 Å². The Hall–Kier alpha value is -1.55. The van der Waals surface area contributed by atoms with Crippen molar-refractivity contribution in [1.82, 2.24) is 10.2 Å². The monoisotopic (exact) mass is 277 g/mol. The zero-order valence-corrected chi connectivity index (χ0v) is 13.3. The van der Waals surface area contributed by atoms with Gasteiger partial charge in [0.25, 0.3) is 5.91 Å². The molecular formula is C16H27N3O. The van der Waals surface area contributed by atoms with Gasteiger partial charge in [0.2, 0.25) is 0 Å². The summed E-state index contributed by atoms with van der Waals surface area (Å²) in [6.07, 6.45) is 0.966. The Bertz CT molecular complexity index is 443. The lowest BCUT2D eigenvalue weighted by Gasteiger charge is -2.20. The first-order valence-corrected chi connectivity index (χ1v) is 7.22. The third-order valence-electron chi connectivity index (χ3n) is 3.61. The highest BCUT2D eigenvalue weighted by Crippen LogP contribution is 2.15. The maximum Gasteiger partial charge on any atom is 0.251 e. The van der Waals surface area contributed by atoms with Crippen molar-refractivity contribution >= 4 is 11.6 Å². The molecule has 4 heteroatoms. The molecule has 1 aromatic carbocycles. The average molecular weight is 277 g/mol. The molecule has 0 saturated carbocycles. The quantitative estimate of drug-likeness (QED) is 0.753. The van der Waals surface area contributed by atoms with Crippen LogP contribution in [0, 0.1) is 6.92 Å². The van der Waals surface area contributed by atoms with Crippen LogP contribution in [-0.2, 0) is 0 Å². The molecule has 4 nitrogen and oxygen atoms in total. The summed E-state index contributed by atoms with van der Waals surface area (Å²) in [4.78, 5) is 14.3. The number of anilines is 1. The number of carbonyl (C=O) groups excluding carboxylic acids is 1. The minimum atomic E-state index is 0.00273. The summed E-state index contributed by atoms with van der Waals surface area (Å²) >= 11 is 0. The SMILES string of the molecule is CNc1ccc(C(=O)NCCCN(C)C(C)C)cc1C. The van der Waals surface area contributed by atoms with E-state index in [1.54, 1.807) is 0 Å². The molecule has 20 heavy (non-hydrogen) atoms. The summed E-state index contributed by atoms with van der Waals surface area (Å²) in [6.45, 7) is 8.05. The summed E-state index contributed by atoms with van der Waals surface area (Å²) < 4.78 is 0. The normalized spacial score (nSPS) is 10.9. The summed E-state index contributed by atoms with van der Waals surface area (Å²) in [5, 5.41) is 6.07. The van der Waals surface area contributed by atoms with Gasteiger partial charge in [0.1, 0.15) is 0 Å². The van der Waals surface area contributed by atoms with Crippen LogP contribution in [0.3, 0.4) is 0 Å². The van der Waals surface area contributed by atoms with Gasteiger partial charge in [0, 0.05) is 30.9 Å². The van der Waals surface area contributed by atoms with Gasteiger partial charge in [-0.1, -0.05) is 0 Å². The molecule has 1 amide bonds. The van der Waals surface area contributed by atoms with Crippen LogP contribution in [0.4, 0.5) is 5.69 Å². The smallest absolute Gasteiger partial charge is 0.251 e. The van der Waals surface area contributed by atoms with Crippen molar-refractivity contribution in [1.29, 1.82) is 0 Å². The number of hydrogen-bond acceptors (Lipinski definition) is 3. The number of benzene rings is 1. The molecule has 0 aliphatic carbocycles. The maximum absolute atomic E-state index is 12.0. The highest BCUT2D eigenvalue weighted by molar-refractivity contribution is 5.94. The van der Waals surface area contributed by atoms with E-state index in [4.69, 9.17) is 0 Å². The van der Waals surface area contributed by atoms with E-state index in [1.165, 1.54) is 0 Å². The van der Waals surface area contributed by atoms with E-state index in [2.05, 4.69) is 36.4 Å². The van der Waals surface area contributed by atoms with Crippen LogP contribution < -0.4 is 10.6 Å². The van der Waals surface area contributed by atoms with Crippen LogP contribution >= 0.6 is 0 Å². The average Bonchev–Trinajstić information content (AvgIpc) is 2.42. The van der Waals surface area contributed by atoms with Crippen molar-refractivity contribution in [3.8, 4) is 0 Å².